The molecule has 1 saturated heterocycles. The minimum Gasteiger partial charge on any atom is -0.503 e. The van der Waals surface area contributed by atoms with E-state index < -0.39 is 23.7 Å². The van der Waals surface area contributed by atoms with Gasteiger partial charge in [0, 0.05) is 27.6 Å². The van der Waals surface area contributed by atoms with Gasteiger partial charge in [-0.15, -0.1) is 0 Å². The Morgan fingerprint density at radius 3 is 2.42 bits per heavy atom. The Morgan fingerprint density at radius 2 is 1.73 bits per heavy atom. The van der Waals surface area contributed by atoms with Crippen LogP contribution in [0.2, 0.25) is 0 Å². The molecule has 40 heavy (non-hydrogen) atoms. The molecule has 4 aliphatic rings. The zero-order valence-electron chi connectivity index (χ0n) is 21.1. The number of amides is 2. The molecule has 3 aliphatic carbocycles. The Kier molecular flexibility index (Phi) is 6.99. The lowest BCUT2D eigenvalue weighted by Crippen LogP contribution is -2.39. The number of methoxy groups -OCH3 is 1. The van der Waals surface area contributed by atoms with Gasteiger partial charge in [0.15, 0.2) is 23.1 Å². The highest BCUT2D eigenvalue weighted by Gasteiger charge is 2.56. The SMILES string of the molecule is COc1cc([C@H]2C3=CC[C@@H]4C(=O)N(Cc5ccccc5)C(=O)[C@@H]4[C@@H]3CC3=C2C(=O)C=C(Br)C3=O)c(Br)c(Br)c1O. The first-order chi connectivity index (χ1) is 19.1. The number of fused-ring (bicyclic) bond motifs is 3. The van der Waals surface area contributed by atoms with Crippen LogP contribution in [0.3, 0.4) is 0 Å². The summed E-state index contributed by atoms with van der Waals surface area (Å²) in [4.78, 5) is 55.7. The van der Waals surface area contributed by atoms with Crippen LogP contribution in [0.15, 0.2) is 78.7 Å². The summed E-state index contributed by atoms with van der Waals surface area (Å²) in [5, 5.41) is 10.6. The van der Waals surface area contributed by atoms with E-state index in [-0.39, 0.29) is 52.3 Å². The van der Waals surface area contributed by atoms with Gasteiger partial charge in [0.25, 0.3) is 0 Å². The van der Waals surface area contributed by atoms with Crippen LogP contribution in [0, 0.1) is 17.8 Å². The number of ether oxygens (including phenoxy) is 1. The fourth-order valence-electron chi connectivity index (χ4n) is 6.53. The van der Waals surface area contributed by atoms with Crippen LogP contribution < -0.4 is 4.74 Å². The lowest BCUT2D eigenvalue weighted by atomic mass is 9.59. The number of phenolic OH excluding ortho intramolecular Hbond substituents is 1. The van der Waals surface area contributed by atoms with Crippen LogP contribution in [-0.2, 0) is 25.7 Å². The zero-order valence-corrected chi connectivity index (χ0v) is 25.9. The number of Topliss-reactive ketones (excluding diaryl/α,β-unsaturated/α-hetero) is 1. The minimum atomic E-state index is -0.686. The first-order valence-corrected chi connectivity index (χ1v) is 15.0. The average molecular weight is 732 g/mol. The predicted octanol–water partition coefficient (Wildman–Crippen LogP) is 5.89. The topological polar surface area (TPSA) is 101 Å². The molecule has 0 radical (unpaired) electrons. The predicted molar refractivity (Wildman–Crippen MR) is 157 cm³/mol. The quantitative estimate of drug-likeness (QED) is 0.239. The fourth-order valence-corrected chi connectivity index (χ4v) is 7.93. The van der Waals surface area contributed by atoms with Crippen molar-refractivity contribution in [3.05, 3.63) is 89.8 Å². The molecule has 0 spiro atoms. The molecule has 2 aromatic rings. The summed E-state index contributed by atoms with van der Waals surface area (Å²) in [6.07, 6.45) is 3.77. The van der Waals surface area contributed by atoms with E-state index >= 15 is 0 Å². The van der Waals surface area contributed by atoms with Gasteiger partial charge in [-0.05, 0) is 83.7 Å². The Hall–Kier alpha value is -2.82. The minimum absolute atomic E-state index is 0.112. The Labute approximate surface area is 255 Å². The summed E-state index contributed by atoms with van der Waals surface area (Å²) in [6.45, 7) is 0.185. The van der Waals surface area contributed by atoms with Gasteiger partial charge in [-0.25, -0.2) is 0 Å². The monoisotopic (exact) mass is 729 g/mol. The number of aromatic hydroxyl groups is 1. The van der Waals surface area contributed by atoms with Gasteiger partial charge in [0.2, 0.25) is 11.8 Å². The van der Waals surface area contributed by atoms with E-state index in [2.05, 4.69) is 47.8 Å². The third-order valence-electron chi connectivity index (χ3n) is 8.31. The maximum atomic E-state index is 13.9. The summed E-state index contributed by atoms with van der Waals surface area (Å²) in [7, 11) is 1.43. The maximum Gasteiger partial charge on any atom is 0.234 e. The van der Waals surface area contributed by atoms with E-state index in [1.807, 2.05) is 36.4 Å². The molecule has 6 rings (SSSR count). The van der Waals surface area contributed by atoms with Crippen molar-refractivity contribution < 1.29 is 29.0 Å². The van der Waals surface area contributed by atoms with Crippen molar-refractivity contribution in [1.29, 1.82) is 0 Å². The summed E-state index contributed by atoms with van der Waals surface area (Å²) in [5.41, 5.74) is 2.95. The van der Waals surface area contributed by atoms with Gasteiger partial charge in [-0.1, -0.05) is 42.0 Å². The van der Waals surface area contributed by atoms with Gasteiger partial charge in [-0.3, -0.25) is 24.1 Å². The molecule has 0 unspecified atom stereocenters. The molecule has 0 saturated carbocycles. The van der Waals surface area contributed by atoms with Crippen LogP contribution >= 0.6 is 47.8 Å². The first kappa shape index (κ1) is 27.4. The highest BCUT2D eigenvalue weighted by molar-refractivity contribution is 9.13. The zero-order chi connectivity index (χ0) is 28.5. The lowest BCUT2D eigenvalue weighted by Gasteiger charge is -2.42. The van der Waals surface area contributed by atoms with Gasteiger partial charge in [0.05, 0.1) is 34.4 Å². The van der Waals surface area contributed by atoms with Gasteiger partial charge < -0.3 is 9.84 Å². The summed E-state index contributed by atoms with van der Waals surface area (Å²) in [5.74, 6) is -3.34. The van der Waals surface area contributed by atoms with Gasteiger partial charge in [0.1, 0.15) is 0 Å². The molecular weight excluding hydrogens is 710 g/mol. The Morgan fingerprint density at radius 1 is 1.00 bits per heavy atom. The highest BCUT2D eigenvalue weighted by atomic mass is 79.9. The number of imide groups is 1. The molecule has 1 N–H and O–H groups in total. The van der Waals surface area contributed by atoms with E-state index in [9.17, 15) is 24.3 Å². The number of benzene rings is 2. The third-order valence-corrected chi connectivity index (χ3v) is 11.1. The standard InChI is InChI=1S/C30H22Br3NO6/c1-40-21-10-17(25(32)26(33)28(21)37)22-14-7-8-15-23(16(14)9-18-24(22)20(35)11-19(31)27(18)36)30(39)34(29(15)38)12-13-5-3-2-4-6-13/h2-7,10-11,15-16,22-23,37H,8-9,12H2,1H3/t15-,16+,22+,23-/m0/s1. The smallest absolute Gasteiger partial charge is 0.234 e. The molecule has 1 heterocycles. The molecule has 0 aromatic heterocycles. The molecule has 7 nitrogen and oxygen atoms in total. The number of allylic oxidation sites excluding steroid dienone is 6. The second-order valence-electron chi connectivity index (χ2n) is 10.3. The number of nitrogens with zero attached hydrogens (tertiary/aromatic N) is 1. The first-order valence-electron chi connectivity index (χ1n) is 12.7. The average Bonchev–Trinajstić information content (AvgIpc) is 3.19. The number of halogens is 3. The molecule has 204 valence electrons. The van der Waals surface area contributed by atoms with Crippen molar-refractivity contribution in [2.24, 2.45) is 17.8 Å². The normalized spacial score (nSPS) is 25.9. The maximum absolute atomic E-state index is 13.9. The van der Waals surface area contributed by atoms with Crippen LogP contribution in [0.5, 0.6) is 11.5 Å². The number of hydrogen-bond donors (Lipinski definition) is 1. The molecular formula is C30H22Br3NO6. The molecule has 1 aliphatic heterocycles. The third kappa shape index (κ3) is 4.10. The van der Waals surface area contributed by atoms with E-state index in [0.29, 0.717) is 32.1 Å². The van der Waals surface area contributed by atoms with E-state index in [1.165, 1.54) is 18.1 Å². The second-order valence-corrected chi connectivity index (χ2v) is 12.7. The molecule has 0 bridgehead atoms. The van der Waals surface area contributed by atoms with Crippen molar-refractivity contribution in [1.82, 2.24) is 4.90 Å². The molecule has 4 atom stereocenters. The second kappa shape index (κ2) is 10.2. The van der Waals surface area contributed by atoms with Crippen LogP contribution in [0.4, 0.5) is 0 Å². The fraction of sp³-hybridized carbons (Fsp3) is 0.267. The van der Waals surface area contributed by atoms with Crippen molar-refractivity contribution in [3.8, 4) is 11.5 Å². The number of phenols is 1. The molecule has 2 aromatic carbocycles. The highest BCUT2D eigenvalue weighted by Crippen LogP contribution is 2.57. The number of hydrogen-bond acceptors (Lipinski definition) is 6. The van der Waals surface area contributed by atoms with Crippen LogP contribution in [-0.4, -0.2) is 40.5 Å². The molecule has 10 heteroatoms. The lowest BCUT2D eigenvalue weighted by molar-refractivity contribution is -0.140. The summed E-state index contributed by atoms with van der Waals surface area (Å²) >= 11 is 10.2. The molecule has 2 amide bonds. The Bertz CT molecular complexity index is 1610. The van der Waals surface area contributed by atoms with E-state index in [1.54, 1.807) is 6.07 Å². The van der Waals surface area contributed by atoms with Crippen molar-refractivity contribution in [3.63, 3.8) is 0 Å². The van der Waals surface area contributed by atoms with Gasteiger partial charge >= 0.3 is 0 Å². The number of ketones is 2. The summed E-state index contributed by atoms with van der Waals surface area (Å²) in [6, 6.07) is 11.0. The van der Waals surface area contributed by atoms with Crippen LogP contribution in [0.1, 0.15) is 29.9 Å². The summed E-state index contributed by atoms with van der Waals surface area (Å²) < 4.78 is 6.41. The van der Waals surface area contributed by atoms with Crippen LogP contribution in [0.25, 0.3) is 0 Å². The van der Waals surface area contributed by atoms with E-state index in [0.717, 1.165) is 11.1 Å². The largest absolute Gasteiger partial charge is 0.503 e. The number of carbonyl (C=O) groups excluding carboxylic acids is 4. The van der Waals surface area contributed by atoms with Crippen molar-refractivity contribution in [2.45, 2.75) is 25.3 Å². The van der Waals surface area contributed by atoms with E-state index in [4.69, 9.17) is 4.74 Å². The van der Waals surface area contributed by atoms with Crippen molar-refractivity contribution >= 4 is 71.2 Å². The Balaban J connectivity index is 1.50. The van der Waals surface area contributed by atoms with Crippen molar-refractivity contribution in [2.75, 3.05) is 7.11 Å². The number of likely N-dealkylation sites (tertiary alicyclic amines) is 1. The number of carbonyl (C=O) groups is 4. The number of rotatable bonds is 4. The molecule has 1 fully saturated rings. The van der Waals surface area contributed by atoms with Gasteiger partial charge in [-0.2, -0.15) is 0 Å².